The lowest BCUT2D eigenvalue weighted by molar-refractivity contribution is 0.105. The van der Waals surface area contributed by atoms with E-state index in [0.29, 0.717) is 5.75 Å². The van der Waals surface area contributed by atoms with Crippen molar-refractivity contribution in [2.24, 2.45) is 11.7 Å². The molecule has 0 aliphatic rings. The molecule has 0 spiro atoms. The van der Waals surface area contributed by atoms with Gasteiger partial charge in [-0.2, -0.15) is 12.6 Å². The molecule has 3 N–H and O–H groups in total. The third-order valence-corrected chi connectivity index (χ3v) is 1.75. The second-order valence-corrected chi connectivity index (χ2v) is 2.95. The summed E-state index contributed by atoms with van der Waals surface area (Å²) in [6, 6.07) is -0.187. The van der Waals surface area contributed by atoms with Crippen molar-refractivity contribution in [2.75, 3.05) is 5.75 Å². The molecule has 1 unspecified atom stereocenters. The van der Waals surface area contributed by atoms with E-state index in [4.69, 9.17) is 5.73 Å². The van der Waals surface area contributed by atoms with Gasteiger partial charge in [-0.3, -0.25) is 0 Å². The predicted octanol–water partition coefficient (Wildman–Crippen LogP) is 0.260. The lowest BCUT2D eigenvalue weighted by Gasteiger charge is -2.19. The van der Waals surface area contributed by atoms with Gasteiger partial charge >= 0.3 is 0 Å². The van der Waals surface area contributed by atoms with Gasteiger partial charge in [0.2, 0.25) is 0 Å². The Morgan fingerprint density at radius 2 is 2.00 bits per heavy atom. The largest absolute Gasteiger partial charge is 0.391 e. The standard InChI is InChI=1S/C6H15NOS/c1-4(2)6(8)5(7)3-9/h4-6,8-9H,3,7H2,1-2H3/t5-,6?/m0/s1. The van der Waals surface area contributed by atoms with E-state index >= 15 is 0 Å². The highest BCUT2D eigenvalue weighted by atomic mass is 32.1. The number of thiol groups is 1. The predicted molar refractivity (Wildman–Crippen MR) is 42.7 cm³/mol. The summed E-state index contributed by atoms with van der Waals surface area (Å²) in [6.07, 6.45) is -0.414. The number of rotatable bonds is 3. The molecule has 0 saturated carbocycles. The Morgan fingerprint density at radius 1 is 1.56 bits per heavy atom. The highest BCUT2D eigenvalue weighted by Crippen LogP contribution is 2.04. The third-order valence-electron chi connectivity index (χ3n) is 1.33. The average Bonchev–Trinajstić information content (AvgIpc) is 1.84. The molecule has 0 aliphatic carbocycles. The third kappa shape index (κ3) is 3.08. The van der Waals surface area contributed by atoms with Crippen molar-refractivity contribution < 1.29 is 5.11 Å². The van der Waals surface area contributed by atoms with Crippen LogP contribution in [0.25, 0.3) is 0 Å². The minimum absolute atomic E-state index is 0.187. The minimum atomic E-state index is -0.414. The molecule has 0 radical (unpaired) electrons. The fraction of sp³-hybridized carbons (Fsp3) is 1.00. The summed E-state index contributed by atoms with van der Waals surface area (Å²) in [5.74, 6) is 0.770. The summed E-state index contributed by atoms with van der Waals surface area (Å²) in [6.45, 7) is 3.88. The van der Waals surface area contributed by atoms with E-state index in [-0.39, 0.29) is 12.0 Å². The molecule has 2 nitrogen and oxygen atoms in total. The van der Waals surface area contributed by atoms with Crippen LogP contribution in [0, 0.1) is 5.92 Å². The normalized spacial score (nSPS) is 18.0. The van der Waals surface area contributed by atoms with Crippen LogP contribution < -0.4 is 5.73 Å². The highest BCUT2D eigenvalue weighted by molar-refractivity contribution is 7.80. The zero-order valence-corrected chi connectivity index (χ0v) is 6.81. The van der Waals surface area contributed by atoms with E-state index in [1.54, 1.807) is 0 Å². The van der Waals surface area contributed by atoms with Crippen molar-refractivity contribution in [3.8, 4) is 0 Å². The van der Waals surface area contributed by atoms with Gasteiger partial charge in [0.15, 0.2) is 0 Å². The molecule has 0 aliphatic heterocycles. The Bertz CT molecular complexity index is 77.5. The maximum Gasteiger partial charge on any atom is 0.0721 e. The van der Waals surface area contributed by atoms with Gasteiger partial charge in [0.05, 0.1) is 6.10 Å². The molecule has 9 heavy (non-hydrogen) atoms. The van der Waals surface area contributed by atoms with Crippen LogP contribution in [0.1, 0.15) is 13.8 Å². The molecule has 0 aromatic rings. The summed E-state index contributed by atoms with van der Waals surface area (Å²) < 4.78 is 0. The maximum atomic E-state index is 9.22. The summed E-state index contributed by atoms with van der Waals surface area (Å²) in [4.78, 5) is 0. The Kier molecular flexibility index (Phi) is 4.27. The Labute approximate surface area is 61.9 Å². The fourth-order valence-electron chi connectivity index (χ4n) is 0.602. The van der Waals surface area contributed by atoms with E-state index < -0.39 is 6.10 Å². The van der Waals surface area contributed by atoms with E-state index in [1.807, 2.05) is 13.8 Å². The second-order valence-electron chi connectivity index (χ2n) is 2.58. The molecule has 2 atom stereocenters. The Morgan fingerprint density at radius 3 is 2.11 bits per heavy atom. The Balaban J connectivity index is 3.58. The zero-order chi connectivity index (χ0) is 7.44. The first kappa shape index (κ1) is 9.27. The number of aliphatic hydroxyl groups is 1. The van der Waals surface area contributed by atoms with Crippen LogP contribution in [0.15, 0.2) is 0 Å². The lowest BCUT2D eigenvalue weighted by atomic mass is 10.0. The van der Waals surface area contributed by atoms with E-state index in [1.165, 1.54) is 0 Å². The summed E-state index contributed by atoms with van der Waals surface area (Å²) >= 11 is 3.96. The monoisotopic (exact) mass is 149 g/mol. The molecule has 0 saturated heterocycles. The average molecular weight is 149 g/mol. The van der Waals surface area contributed by atoms with Crippen molar-refractivity contribution in [3.63, 3.8) is 0 Å². The van der Waals surface area contributed by atoms with Crippen molar-refractivity contribution in [3.05, 3.63) is 0 Å². The van der Waals surface area contributed by atoms with Crippen LogP contribution in [0.2, 0.25) is 0 Å². The molecule has 56 valence electrons. The first-order valence-corrected chi connectivity index (χ1v) is 3.77. The zero-order valence-electron chi connectivity index (χ0n) is 5.91. The van der Waals surface area contributed by atoms with Gasteiger partial charge in [-0.05, 0) is 5.92 Å². The fourth-order valence-corrected chi connectivity index (χ4v) is 0.818. The van der Waals surface area contributed by atoms with Crippen molar-refractivity contribution in [2.45, 2.75) is 26.0 Å². The smallest absolute Gasteiger partial charge is 0.0721 e. The Hall–Kier alpha value is 0.270. The van der Waals surface area contributed by atoms with Crippen LogP contribution in [0.4, 0.5) is 0 Å². The van der Waals surface area contributed by atoms with Crippen molar-refractivity contribution in [1.82, 2.24) is 0 Å². The van der Waals surface area contributed by atoms with Crippen LogP contribution in [0.3, 0.4) is 0 Å². The molecule has 0 fully saturated rings. The minimum Gasteiger partial charge on any atom is -0.391 e. The molecular formula is C6H15NOS. The van der Waals surface area contributed by atoms with Gasteiger partial charge in [0.25, 0.3) is 0 Å². The first-order chi connectivity index (χ1) is 4.09. The van der Waals surface area contributed by atoms with Crippen LogP contribution in [-0.2, 0) is 0 Å². The van der Waals surface area contributed by atoms with Gasteiger partial charge in [0, 0.05) is 11.8 Å². The van der Waals surface area contributed by atoms with E-state index in [0.717, 1.165) is 0 Å². The van der Waals surface area contributed by atoms with Crippen molar-refractivity contribution >= 4 is 12.6 Å². The topological polar surface area (TPSA) is 46.2 Å². The molecule has 0 bridgehead atoms. The van der Waals surface area contributed by atoms with Gasteiger partial charge in [-0.25, -0.2) is 0 Å². The number of hydrogen-bond donors (Lipinski definition) is 3. The second kappa shape index (κ2) is 4.14. The number of hydrogen-bond acceptors (Lipinski definition) is 3. The van der Waals surface area contributed by atoms with Gasteiger partial charge < -0.3 is 10.8 Å². The number of aliphatic hydroxyl groups excluding tert-OH is 1. The molecule has 3 heteroatoms. The molecular weight excluding hydrogens is 134 g/mol. The summed E-state index contributed by atoms with van der Waals surface area (Å²) in [5, 5.41) is 9.22. The van der Waals surface area contributed by atoms with Gasteiger partial charge in [-0.1, -0.05) is 13.8 Å². The lowest BCUT2D eigenvalue weighted by Crippen LogP contribution is -2.39. The quantitative estimate of drug-likeness (QED) is 0.504. The molecule has 0 amide bonds. The first-order valence-electron chi connectivity index (χ1n) is 3.14. The highest BCUT2D eigenvalue weighted by Gasteiger charge is 2.15. The van der Waals surface area contributed by atoms with E-state index in [9.17, 15) is 5.11 Å². The molecule has 0 heterocycles. The summed E-state index contributed by atoms with van der Waals surface area (Å²) in [5.41, 5.74) is 5.49. The van der Waals surface area contributed by atoms with Crippen LogP contribution in [-0.4, -0.2) is 23.0 Å². The molecule has 0 aromatic heterocycles. The SMILES string of the molecule is CC(C)C(O)[C@@H](N)CS. The maximum absolute atomic E-state index is 9.22. The number of nitrogens with two attached hydrogens (primary N) is 1. The summed E-state index contributed by atoms with van der Waals surface area (Å²) in [7, 11) is 0. The van der Waals surface area contributed by atoms with Gasteiger partial charge in [0.1, 0.15) is 0 Å². The molecule has 0 aromatic carbocycles. The van der Waals surface area contributed by atoms with Crippen molar-refractivity contribution in [1.29, 1.82) is 0 Å². The van der Waals surface area contributed by atoms with Crippen LogP contribution >= 0.6 is 12.6 Å². The van der Waals surface area contributed by atoms with Crippen LogP contribution in [0.5, 0.6) is 0 Å². The van der Waals surface area contributed by atoms with Gasteiger partial charge in [-0.15, -0.1) is 0 Å². The van der Waals surface area contributed by atoms with E-state index in [2.05, 4.69) is 12.6 Å². The molecule has 0 rings (SSSR count).